The van der Waals surface area contributed by atoms with E-state index in [1.54, 1.807) is 11.6 Å². The van der Waals surface area contributed by atoms with Gasteiger partial charge in [-0.15, -0.1) is 5.10 Å². The van der Waals surface area contributed by atoms with E-state index in [9.17, 15) is 0 Å². The lowest BCUT2D eigenvalue weighted by atomic mass is 10.3. The zero-order valence-electron chi connectivity index (χ0n) is 8.06. The van der Waals surface area contributed by atoms with Crippen LogP contribution in [0, 0.1) is 0 Å². The van der Waals surface area contributed by atoms with Crippen molar-refractivity contribution in [3.8, 4) is 0 Å². The highest BCUT2D eigenvalue weighted by Gasteiger charge is 2.00. The molecule has 1 aromatic heterocycles. The molecule has 0 saturated heterocycles. The maximum Gasteiger partial charge on any atom is 0.0964 e. The number of aromatic nitrogens is 3. The second-order valence-corrected chi connectivity index (χ2v) is 3.14. The first kappa shape index (κ1) is 10.1. The fourth-order valence-electron chi connectivity index (χ4n) is 1.03. The smallest absolute Gasteiger partial charge is 0.0964 e. The molecule has 0 bridgehead atoms. The number of nitrogens with one attached hydrogen (secondary N) is 1. The van der Waals surface area contributed by atoms with Crippen LogP contribution in [-0.4, -0.2) is 33.3 Å². The van der Waals surface area contributed by atoms with Crippen LogP contribution in [0.5, 0.6) is 0 Å². The van der Waals surface area contributed by atoms with Gasteiger partial charge in [-0.25, -0.2) is 0 Å². The molecule has 0 fully saturated rings. The van der Waals surface area contributed by atoms with Gasteiger partial charge in [0.15, 0.2) is 0 Å². The van der Waals surface area contributed by atoms with Gasteiger partial charge in [-0.1, -0.05) is 5.21 Å². The molecule has 1 heterocycles. The molecule has 0 amide bonds. The molecule has 1 rings (SSSR count). The minimum atomic E-state index is -0.281. The van der Waals surface area contributed by atoms with Crippen LogP contribution in [-0.2, 0) is 13.1 Å². The van der Waals surface area contributed by atoms with E-state index in [1.807, 2.05) is 13.2 Å². The summed E-state index contributed by atoms with van der Waals surface area (Å²) in [6.45, 7) is 3.22. The average molecular weight is 184 g/mol. The molecule has 0 aliphatic carbocycles. The highest BCUT2D eigenvalue weighted by Crippen LogP contribution is 1.96. The van der Waals surface area contributed by atoms with Gasteiger partial charge in [-0.3, -0.25) is 4.68 Å². The van der Waals surface area contributed by atoms with E-state index < -0.39 is 0 Å². The van der Waals surface area contributed by atoms with Crippen LogP contribution in [0.15, 0.2) is 6.20 Å². The van der Waals surface area contributed by atoms with Gasteiger partial charge >= 0.3 is 0 Å². The van der Waals surface area contributed by atoms with Crippen molar-refractivity contribution in [3.63, 3.8) is 0 Å². The summed E-state index contributed by atoms with van der Waals surface area (Å²) in [5.41, 5.74) is 0.924. The number of nitrogens with zero attached hydrogens (tertiary/aromatic N) is 3. The van der Waals surface area contributed by atoms with Crippen molar-refractivity contribution in [2.75, 3.05) is 7.05 Å². The van der Waals surface area contributed by atoms with Crippen LogP contribution in [0.2, 0.25) is 0 Å². The minimum absolute atomic E-state index is 0.281. The van der Waals surface area contributed by atoms with Crippen molar-refractivity contribution in [1.29, 1.82) is 0 Å². The van der Waals surface area contributed by atoms with Gasteiger partial charge in [0, 0.05) is 19.3 Å². The van der Waals surface area contributed by atoms with E-state index in [0.29, 0.717) is 13.0 Å². The van der Waals surface area contributed by atoms with Crippen LogP contribution in [0.25, 0.3) is 0 Å². The summed E-state index contributed by atoms with van der Waals surface area (Å²) in [6.07, 6.45) is 2.32. The van der Waals surface area contributed by atoms with Gasteiger partial charge in [0.2, 0.25) is 0 Å². The molecule has 1 aromatic rings. The van der Waals surface area contributed by atoms with Crippen LogP contribution in [0.1, 0.15) is 19.0 Å². The Morgan fingerprint density at radius 3 is 3.08 bits per heavy atom. The van der Waals surface area contributed by atoms with Crippen LogP contribution < -0.4 is 5.32 Å². The first-order valence-electron chi connectivity index (χ1n) is 4.44. The Kier molecular flexibility index (Phi) is 3.85. The molecule has 0 aliphatic rings. The van der Waals surface area contributed by atoms with Crippen molar-refractivity contribution in [3.05, 3.63) is 11.9 Å². The standard InChI is InChI=1S/C8H16N4O/c1-7(13)3-4-12-6-8(5-9-2)10-11-12/h6-7,9,13H,3-5H2,1-2H3. The number of aryl methyl sites for hydroxylation is 1. The molecule has 0 radical (unpaired) electrons. The molecule has 5 heteroatoms. The lowest BCUT2D eigenvalue weighted by Gasteiger charge is -2.02. The fraction of sp³-hybridized carbons (Fsp3) is 0.750. The van der Waals surface area contributed by atoms with Crippen molar-refractivity contribution in [2.45, 2.75) is 32.5 Å². The van der Waals surface area contributed by atoms with E-state index in [2.05, 4.69) is 15.6 Å². The molecule has 1 atom stereocenters. The Labute approximate surface area is 77.8 Å². The molecule has 74 valence electrons. The predicted octanol–water partition coefficient (Wildman–Crippen LogP) is -0.232. The summed E-state index contributed by atoms with van der Waals surface area (Å²) in [7, 11) is 1.87. The van der Waals surface area contributed by atoms with Crippen molar-refractivity contribution < 1.29 is 5.11 Å². The largest absolute Gasteiger partial charge is 0.393 e. The Morgan fingerprint density at radius 1 is 1.69 bits per heavy atom. The van der Waals surface area contributed by atoms with E-state index >= 15 is 0 Å². The number of aliphatic hydroxyl groups is 1. The number of aliphatic hydroxyl groups excluding tert-OH is 1. The van der Waals surface area contributed by atoms with Crippen LogP contribution in [0.3, 0.4) is 0 Å². The molecular weight excluding hydrogens is 168 g/mol. The summed E-state index contributed by atoms with van der Waals surface area (Å²) < 4.78 is 1.75. The van der Waals surface area contributed by atoms with Crippen LogP contribution in [0.4, 0.5) is 0 Å². The molecule has 0 aromatic carbocycles. The third-order valence-electron chi connectivity index (χ3n) is 1.72. The first-order chi connectivity index (χ1) is 6.22. The summed E-state index contributed by atoms with van der Waals surface area (Å²) in [4.78, 5) is 0. The average Bonchev–Trinajstić information content (AvgIpc) is 2.50. The zero-order chi connectivity index (χ0) is 9.68. The van der Waals surface area contributed by atoms with Gasteiger partial charge in [0.25, 0.3) is 0 Å². The third-order valence-corrected chi connectivity index (χ3v) is 1.72. The quantitative estimate of drug-likeness (QED) is 0.663. The molecule has 0 spiro atoms. The predicted molar refractivity (Wildman–Crippen MR) is 49.1 cm³/mol. The molecule has 13 heavy (non-hydrogen) atoms. The van der Waals surface area contributed by atoms with Crippen molar-refractivity contribution in [1.82, 2.24) is 20.3 Å². The molecule has 0 saturated carbocycles. The highest BCUT2D eigenvalue weighted by atomic mass is 16.3. The normalized spacial score (nSPS) is 13.2. The monoisotopic (exact) mass is 184 g/mol. The highest BCUT2D eigenvalue weighted by molar-refractivity contribution is 4.90. The van der Waals surface area contributed by atoms with Crippen molar-refractivity contribution in [2.24, 2.45) is 0 Å². The molecular formula is C8H16N4O. The van der Waals surface area contributed by atoms with Gasteiger partial charge in [0.1, 0.15) is 0 Å². The Hall–Kier alpha value is -0.940. The first-order valence-corrected chi connectivity index (χ1v) is 4.44. The van der Waals surface area contributed by atoms with Gasteiger partial charge in [-0.2, -0.15) is 0 Å². The molecule has 2 N–H and O–H groups in total. The molecule has 0 aliphatic heterocycles. The van der Waals surface area contributed by atoms with Gasteiger partial charge < -0.3 is 10.4 Å². The lowest BCUT2D eigenvalue weighted by Crippen LogP contribution is -2.07. The van der Waals surface area contributed by atoms with Gasteiger partial charge in [0.05, 0.1) is 11.8 Å². The maximum absolute atomic E-state index is 9.05. The van der Waals surface area contributed by atoms with E-state index in [4.69, 9.17) is 5.11 Å². The Balaban J connectivity index is 2.39. The molecule has 5 nitrogen and oxygen atoms in total. The fourth-order valence-corrected chi connectivity index (χ4v) is 1.03. The van der Waals surface area contributed by atoms with Crippen molar-refractivity contribution >= 4 is 0 Å². The summed E-state index contributed by atoms with van der Waals surface area (Å²) >= 11 is 0. The summed E-state index contributed by atoms with van der Waals surface area (Å²) in [5.74, 6) is 0. The van der Waals surface area contributed by atoms with E-state index in [1.165, 1.54) is 0 Å². The summed E-state index contributed by atoms with van der Waals surface area (Å²) in [5, 5.41) is 19.9. The Bertz CT molecular complexity index is 246. The lowest BCUT2D eigenvalue weighted by molar-refractivity contribution is 0.176. The number of hydrogen-bond donors (Lipinski definition) is 2. The number of hydrogen-bond acceptors (Lipinski definition) is 4. The van der Waals surface area contributed by atoms with E-state index in [-0.39, 0.29) is 6.10 Å². The third kappa shape index (κ3) is 3.52. The maximum atomic E-state index is 9.05. The van der Waals surface area contributed by atoms with Crippen LogP contribution >= 0.6 is 0 Å². The Morgan fingerprint density at radius 2 is 2.46 bits per heavy atom. The zero-order valence-corrected chi connectivity index (χ0v) is 8.06. The SMILES string of the molecule is CNCc1cn(CCC(C)O)nn1. The second-order valence-electron chi connectivity index (χ2n) is 3.14. The minimum Gasteiger partial charge on any atom is -0.393 e. The second kappa shape index (κ2) is 4.94. The summed E-state index contributed by atoms with van der Waals surface area (Å²) in [6, 6.07) is 0. The molecule has 1 unspecified atom stereocenters. The van der Waals surface area contributed by atoms with Gasteiger partial charge in [-0.05, 0) is 20.4 Å². The van der Waals surface area contributed by atoms with E-state index in [0.717, 1.165) is 12.2 Å². The number of rotatable bonds is 5. The topological polar surface area (TPSA) is 63.0 Å².